The molecule has 0 aliphatic carbocycles. The van der Waals surface area contributed by atoms with Gasteiger partial charge in [-0.25, -0.2) is 9.97 Å². The average Bonchev–Trinajstić information content (AvgIpc) is 2.45. The van der Waals surface area contributed by atoms with Crippen LogP contribution >= 0.6 is 0 Å². The van der Waals surface area contributed by atoms with Crippen LogP contribution in [-0.4, -0.2) is 15.5 Å². The minimum Gasteiger partial charge on any atom is -0.365 e. The maximum atomic E-state index is 4.55. The Balaban J connectivity index is 2.37. The third kappa shape index (κ3) is 4.68. The summed E-state index contributed by atoms with van der Waals surface area (Å²) < 4.78 is 0. The molecular weight excluding hydrogens is 284 g/mol. The summed E-state index contributed by atoms with van der Waals surface area (Å²) in [6.45, 7) is 12.7. The summed E-state index contributed by atoms with van der Waals surface area (Å²) in [5.41, 5.74) is 3.77. The second-order valence-electron chi connectivity index (χ2n) is 6.84. The number of benzene rings is 1. The van der Waals surface area contributed by atoms with Crippen molar-refractivity contribution < 1.29 is 0 Å². The molecule has 4 nitrogen and oxygen atoms in total. The van der Waals surface area contributed by atoms with Crippen LogP contribution in [0.2, 0.25) is 0 Å². The molecule has 2 rings (SSSR count). The lowest BCUT2D eigenvalue weighted by Gasteiger charge is -2.22. The van der Waals surface area contributed by atoms with Crippen LogP contribution in [0, 0.1) is 6.92 Å². The lowest BCUT2D eigenvalue weighted by molar-refractivity contribution is 0.629. The van der Waals surface area contributed by atoms with E-state index in [0.29, 0.717) is 0 Å². The molecule has 0 aliphatic heterocycles. The van der Waals surface area contributed by atoms with Gasteiger partial charge in [-0.3, -0.25) is 0 Å². The van der Waals surface area contributed by atoms with Gasteiger partial charge in [-0.2, -0.15) is 0 Å². The first-order chi connectivity index (χ1) is 10.8. The van der Waals surface area contributed by atoms with Gasteiger partial charge in [-0.15, -0.1) is 0 Å². The number of para-hydroxylation sites is 1. The van der Waals surface area contributed by atoms with E-state index >= 15 is 0 Å². The Morgan fingerprint density at radius 1 is 0.957 bits per heavy atom. The fraction of sp³-hybridized carbons (Fsp3) is 0.474. The fourth-order valence-corrected chi connectivity index (χ4v) is 2.61. The summed E-state index contributed by atoms with van der Waals surface area (Å²) in [4.78, 5) is 9.03. The van der Waals surface area contributed by atoms with E-state index < -0.39 is 0 Å². The number of anilines is 3. The molecule has 0 saturated carbocycles. The highest BCUT2D eigenvalue weighted by Gasteiger charge is 2.13. The average molecular weight is 312 g/mol. The van der Waals surface area contributed by atoms with Gasteiger partial charge >= 0.3 is 0 Å². The van der Waals surface area contributed by atoms with E-state index in [4.69, 9.17) is 0 Å². The third-order valence-electron chi connectivity index (χ3n) is 3.59. The van der Waals surface area contributed by atoms with Crippen LogP contribution in [0.1, 0.15) is 51.6 Å². The van der Waals surface area contributed by atoms with Gasteiger partial charge in [0.1, 0.15) is 17.5 Å². The molecule has 2 aromatic rings. The highest BCUT2D eigenvalue weighted by atomic mass is 15.1. The van der Waals surface area contributed by atoms with Crippen LogP contribution in [0.4, 0.5) is 17.3 Å². The predicted molar refractivity (Wildman–Crippen MR) is 98.6 cm³/mol. The molecule has 0 saturated heterocycles. The summed E-state index contributed by atoms with van der Waals surface area (Å²) in [5, 5.41) is 6.93. The molecule has 1 aromatic heterocycles. The van der Waals surface area contributed by atoms with Crippen molar-refractivity contribution in [3.05, 3.63) is 41.2 Å². The Hall–Kier alpha value is -2.10. The highest BCUT2D eigenvalue weighted by molar-refractivity contribution is 5.66. The molecule has 1 heterocycles. The molecule has 1 aromatic carbocycles. The van der Waals surface area contributed by atoms with E-state index in [2.05, 4.69) is 73.4 Å². The van der Waals surface area contributed by atoms with Gasteiger partial charge in [0, 0.05) is 17.3 Å². The molecule has 23 heavy (non-hydrogen) atoms. The smallest absolute Gasteiger partial charge is 0.136 e. The predicted octanol–water partition coefficient (Wildman–Crippen LogP) is 4.86. The summed E-state index contributed by atoms with van der Waals surface area (Å²) in [6, 6.07) is 8.44. The van der Waals surface area contributed by atoms with E-state index in [9.17, 15) is 0 Å². The minimum atomic E-state index is -0.0338. The first-order valence-electron chi connectivity index (χ1n) is 8.34. The first-order valence-corrected chi connectivity index (χ1v) is 8.34. The van der Waals surface area contributed by atoms with Crippen LogP contribution in [0.15, 0.2) is 24.3 Å². The quantitative estimate of drug-likeness (QED) is 0.827. The summed E-state index contributed by atoms with van der Waals surface area (Å²) >= 11 is 0. The molecular formula is C19H28N4. The van der Waals surface area contributed by atoms with Crippen LogP contribution < -0.4 is 10.6 Å². The van der Waals surface area contributed by atoms with Gasteiger partial charge in [-0.1, -0.05) is 32.0 Å². The molecule has 0 unspecified atom stereocenters. The van der Waals surface area contributed by atoms with Gasteiger partial charge in [0.25, 0.3) is 0 Å². The molecule has 124 valence electrons. The molecule has 2 N–H and O–H groups in total. The van der Waals surface area contributed by atoms with E-state index in [1.165, 1.54) is 16.8 Å². The van der Waals surface area contributed by atoms with Gasteiger partial charge in [0.2, 0.25) is 0 Å². The molecule has 0 aliphatic rings. The lowest BCUT2D eigenvalue weighted by atomic mass is 10.0. The zero-order valence-corrected chi connectivity index (χ0v) is 15.1. The largest absolute Gasteiger partial charge is 0.365 e. The maximum absolute atomic E-state index is 4.55. The monoisotopic (exact) mass is 312 g/mol. The number of rotatable bonds is 5. The zero-order valence-electron chi connectivity index (χ0n) is 15.1. The van der Waals surface area contributed by atoms with Gasteiger partial charge in [-0.05, 0) is 51.7 Å². The number of hydrogen-bond acceptors (Lipinski definition) is 4. The lowest BCUT2D eigenvalue weighted by Crippen LogP contribution is -2.27. The molecule has 0 bridgehead atoms. The Kier molecular flexibility index (Phi) is 5.24. The standard InChI is InChI=1S/C19H28N4/c1-7-14-10-9-11-15(8-2)18(14)22-16-12-17(21-13(3)20-16)23-19(4,5)6/h9-12H,7-8H2,1-6H3,(H2,20,21,22,23). The topological polar surface area (TPSA) is 49.8 Å². The van der Waals surface area contributed by atoms with E-state index in [1.807, 2.05) is 13.0 Å². The van der Waals surface area contributed by atoms with Crippen molar-refractivity contribution in [3.63, 3.8) is 0 Å². The number of nitrogens with zero attached hydrogens (tertiary/aromatic N) is 2. The highest BCUT2D eigenvalue weighted by Crippen LogP contribution is 2.27. The third-order valence-corrected chi connectivity index (χ3v) is 3.59. The number of hydrogen-bond donors (Lipinski definition) is 2. The normalized spacial score (nSPS) is 11.4. The SMILES string of the molecule is CCc1cccc(CC)c1Nc1cc(NC(C)(C)C)nc(C)n1. The van der Waals surface area contributed by atoms with Crippen molar-refractivity contribution in [2.24, 2.45) is 0 Å². The molecule has 0 amide bonds. The second-order valence-corrected chi connectivity index (χ2v) is 6.84. The van der Waals surface area contributed by atoms with Crippen molar-refractivity contribution in [2.45, 2.75) is 59.9 Å². The number of nitrogens with one attached hydrogen (secondary N) is 2. The zero-order chi connectivity index (χ0) is 17.0. The van der Waals surface area contributed by atoms with Gasteiger partial charge in [0.05, 0.1) is 0 Å². The van der Waals surface area contributed by atoms with Crippen molar-refractivity contribution in [1.82, 2.24) is 9.97 Å². The van der Waals surface area contributed by atoms with Crippen LogP contribution in [-0.2, 0) is 12.8 Å². The van der Waals surface area contributed by atoms with Crippen molar-refractivity contribution >= 4 is 17.3 Å². The molecule has 0 fully saturated rings. The Labute approximate surface area is 139 Å². The molecule has 0 atom stereocenters. The Morgan fingerprint density at radius 3 is 2.04 bits per heavy atom. The molecule has 0 radical (unpaired) electrons. The maximum Gasteiger partial charge on any atom is 0.136 e. The van der Waals surface area contributed by atoms with E-state index in [0.717, 1.165) is 30.3 Å². The number of aromatic nitrogens is 2. The van der Waals surface area contributed by atoms with Crippen LogP contribution in [0.3, 0.4) is 0 Å². The minimum absolute atomic E-state index is 0.0338. The summed E-state index contributed by atoms with van der Waals surface area (Å²) in [5.74, 6) is 2.44. The van der Waals surface area contributed by atoms with Gasteiger partial charge in [0.15, 0.2) is 0 Å². The fourth-order valence-electron chi connectivity index (χ4n) is 2.61. The van der Waals surface area contributed by atoms with E-state index in [-0.39, 0.29) is 5.54 Å². The summed E-state index contributed by atoms with van der Waals surface area (Å²) in [6.07, 6.45) is 1.99. The van der Waals surface area contributed by atoms with Crippen LogP contribution in [0.5, 0.6) is 0 Å². The van der Waals surface area contributed by atoms with Crippen molar-refractivity contribution in [1.29, 1.82) is 0 Å². The van der Waals surface area contributed by atoms with Crippen molar-refractivity contribution in [2.75, 3.05) is 10.6 Å². The number of aryl methyl sites for hydroxylation is 3. The second kappa shape index (κ2) is 6.99. The molecule has 4 heteroatoms. The van der Waals surface area contributed by atoms with Crippen LogP contribution in [0.25, 0.3) is 0 Å². The Bertz CT molecular complexity index is 649. The van der Waals surface area contributed by atoms with E-state index in [1.54, 1.807) is 0 Å². The van der Waals surface area contributed by atoms with Gasteiger partial charge < -0.3 is 10.6 Å². The molecule has 0 spiro atoms. The Morgan fingerprint density at radius 2 is 1.52 bits per heavy atom. The first kappa shape index (κ1) is 17.3. The van der Waals surface area contributed by atoms with Crippen molar-refractivity contribution in [3.8, 4) is 0 Å². The summed E-state index contributed by atoms with van der Waals surface area (Å²) in [7, 11) is 0.